The lowest BCUT2D eigenvalue weighted by Gasteiger charge is -2.36. The monoisotopic (exact) mass is 617 g/mol. The van der Waals surface area contributed by atoms with Gasteiger partial charge in [-0.1, -0.05) is 24.3 Å². The Morgan fingerprint density at radius 2 is 1.67 bits per heavy atom. The SMILES string of the molecule is CCOc1ccc(NC(=O)C[C@H]2C(=O)N(c3cccc(SC)c3)C(=S)N2CCCN2CCN(c3ccccc3)CC2)cc1. The molecule has 0 spiro atoms. The van der Waals surface area contributed by atoms with Crippen molar-refractivity contribution in [2.75, 3.05) is 67.2 Å². The summed E-state index contributed by atoms with van der Waals surface area (Å²) in [6.07, 6.45) is 2.86. The van der Waals surface area contributed by atoms with Gasteiger partial charge in [-0.05, 0) is 93.0 Å². The summed E-state index contributed by atoms with van der Waals surface area (Å²) in [5.41, 5.74) is 2.66. The molecule has 3 aromatic rings. The largest absolute Gasteiger partial charge is 0.494 e. The van der Waals surface area contributed by atoms with Gasteiger partial charge in [-0.15, -0.1) is 11.8 Å². The average molecular weight is 618 g/mol. The number of hydrogen-bond acceptors (Lipinski definition) is 7. The second-order valence-electron chi connectivity index (χ2n) is 10.6. The number of anilines is 3. The molecule has 1 atom stereocenters. The summed E-state index contributed by atoms with van der Waals surface area (Å²) in [4.78, 5) is 36.5. The molecule has 226 valence electrons. The van der Waals surface area contributed by atoms with Crippen molar-refractivity contribution < 1.29 is 14.3 Å². The van der Waals surface area contributed by atoms with Crippen LogP contribution in [0.4, 0.5) is 17.1 Å². The molecular weight excluding hydrogens is 579 g/mol. The lowest BCUT2D eigenvalue weighted by molar-refractivity contribution is -0.124. The Balaban J connectivity index is 1.23. The lowest BCUT2D eigenvalue weighted by atomic mass is 10.1. The van der Waals surface area contributed by atoms with Gasteiger partial charge >= 0.3 is 0 Å². The Morgan fingerprint density at radius 1 is 0.953 bits per heavy atom. The normalized spacial score (nSPS) is 17.4. The van der Waals surface area contributed by atoms with E-state index in [-0.39, 0.29) is 18.2 Å². The summed E-state index contributed by atoms with van der Waals surface area (Å²) in [6.45, 7) is 7.95. The number of benzene rings is 3. The molecule has 3 aromatic carbocycles. The van der Waals surface area contributed by atoms with Crippen molar-refractivity contribution in [3.8, 4) is 5.75 Å². The van der Waals surface area contributed by atoms with E-state index in [0.717, 1.165) is 55.5 Å². The fraction of sp³-hybridized carbons (Fsp3) is 0.364. The van der Waals surface area contributed by atoms with Crippen molar-refractivity contribution in [1.29, 1.82) is 0 Å². The highest BCUT2D eigenvalue weighted by Gasteiger charge is 2.44. The zero-order valence-electron chi connectivity index (χ0n) is 24.8. The summed E-state index contributed by atoms with van der Waals surface area (Å²) in [5, 5.41) is 3.40. The third-order valence-electron chi connectivity index (χ3n) is 7.82. The van der Waals surface area contributed by atoms with E-state index in [1.54, 1.807) is 28.8 Å². The number of thioether (sulfide) groups is 1. The molecule has 0 bridgehead atoms. The Labute approximate surface area is 264 Å². The highest BCUT2D eigenvalue weighted by molar-refractivity contribution is 7.98. The maximum atomic E-state index is 13.8. The number of hydrogen-bond donors (Lipinski definition) is 1. The molecule has 0 radical (unpaired) electrons. The predicted molar refractivity (Wildman–Crippen MR) is 179 cm³/mol. The number of nitrogens with zero attached hydrogens (tertiary/aromatic N) is 4. The minimum absolute atomic E-state index is 0.0145. The molecule has 2 aliphatic rings. The molecule has 2 fully saturated rings. The van der Waals surface area contributed by atoms with Gasteiger partial charge in [0.15, 0.2) is 5.11 Å². The van der Waals surface area contributed by atoms with E-state index in [0.29, 0.717) is 24.0 Å². The van der Waals surface area contributed by atoms with Gasteiger partial charge in [0.05, 0.1) is 18.7 Å². The minimum Gasteiger partial charge on any atom is -0.494 e. The highest BCUT2D eigenvalue weighted by atomic mass is 32.2. The molecule has 8 nitrogen and oxygen atoms in total. The van der Waals surface area contributed by atoms with Gasteiger partial charge in [-0.2, -0.15) is 0 Å². The maximum absolute atomic E-state index is 13.8. The van der Waals surface area contributed by atoms with Crippen molar-refractivity contribution in [3.05, 3.63) is 78.9 Å². The Kier molecular flexibility index (Phi) is 10.6. The van der Waals surface area contributed by atoms with Crippen LogP contribution in [0.3, 0.4) is 0 Å². The highest BCUT2D eigenvalue weighted by Crippen LogP contribution is 2.30. The van der Waals surface area contributed by atoms with Crippen LogP contribution >= 0.6 is 24.0 Å². The summed E-state index contributed by atoms with van der Waals surface area (Å²) in [7, 11) is 0. The van der Waals surface area contributed by atoms with E-state index in [1.165, 1.54) is 5.69 Å². The number of piperazine rings is 1. The molecule has 10 heteroatoms. The van der Waals surface area contributed by atoms with Gasteiger partial charge in [0.25, 0.3) is 5.91 Å². The van der Waals surface area contributed by atoms with Crippen LogP contribution in [0.2, 0.25) is 0 Å². The second kappa shape index (κ2) is 14.7. The number of amides is 2. The topological polar surface area (TPSA) is 68.4 Å². The third kappa shape index (κ3) is 7.68. The third-order valence-corrected chi connectivity index (χ3v) is 8.97. The standard InChI is InChI=1S/C33H39N5O3S2/c1-3-41-28-15-13-25(14-16-28)34-31(39)24-30-32(40)38(27-11-7-12-29(23-27)43-2)33(42)37(30)18-8-17-35-19-21-36(22-20-35)26-9-5-4-6-10-26/h4-7,9-16,23,30H,3,8,17-22,24H2,1-2H3,(H,34,39)/t30-/m0/s1. The second-order valence-corrected chi connectivity index (χ2v) is 11.8. The van der Waals surface area contributed by atoms with Crippen molar-refractivity contribution in [2.45, 2.75) is 30.7 Å². The van der Waals surface area contributed by atoms with Crippen LogP contribution in [-0.2, 0) is 9.59 Å². The molecule has 43 heavy (non-hydrogen) atoms. The molecule has 1 N–H and O–H groups in total. The first-order chi connectivity index (χ1) is 21.0. The fourth-order valence-corrected chi connectivity index (χ4v) is 6.46. The van der Waals surface area contributed by atoms with E-state index in [4.69, 9.17) is 17.0 Å². The summed E-state index contributed by atoms with van der Waals surface area (Å²) in [6, 6.07) is 24.9. The van der Waals surface area contributed by atoms with E-state index in [9.17, 15) is 9.59 Å². The van der Waals surface area contributed by atoms with E-state index < -0.39 is 6.04 Å². The zero-order chi connectivity index (χ0) is 30.2. The summed E-state index contributed by atoms with van der Waals surface area (Å²) >= 11 is 7.51. The molecule has 2 amide bonds. The zero-order valence-corrected chi connectivity index (χ0v) is 26.4. The number of thiocarbonyl (C=S) groups is 1. The van der Waals surface area contributed by atoms with Crippen LogP contribution < -0.4 is 19.9 Å². The Bertz CT molecular complexity index is 1400. The number of nitrogens with one attached hydrogen (secondary N) is 1. The van der Waals surface area contributed by atoms with Crippen molar-refractivity contribution >= 4 is 58.0 Å². The van der Waals surface area contributed by atoms with Crippen LogP contribution in [0.5, 0.6) is 5.75 Å². The maximum Gasteiger partial charge on any atom is 0.256 e. The fourth-order valence-electron chi connectivity index (χ4n) is 5.60. The molecule has 0 unspecified atom stereocenters. The smallest absolute Gasteiger partial charge is 0.256 e. The quantitative estimate of drug-likeness (QED) is 0.216. The minimum atomic E-state index is -0.664. The molecular formula is C33H39N5O3S2. The van der Waals surface area contributed by atoms with Crippen LogP contribution in [0, 0.1) is 0 Å². The van der Waals surface area contributed by atoms with Crippen molar-refractivity contribution in [3.63, 3.8) is 0 Å². The predicted octanol–water partition coefficient (Wildman–Crippen LogP) is 5.35. The van der Waals surface area contributed by atoms with Gasteiger partial charge in [0.2, 0.25) is 5.91 Å². The van der Waals surface area contributed by atoms with Gasteiger partial charge in [-0.3, -0.25) is 19.4 Å². The number of carbonyl (C=O) groups excluding carboxylic acids is 2. The first-order valence-electron chi connectivity index (χ1n) is 14.8. The van der Waals surface area contributed by atoms with Crippen LogP contribution in [0.1, 0.15) is 19.8 Å². The molecule has 0 saturated carbocycles. The number of rotatable bonds is 12. The van der Waals surface area contributed by atoms with E-state index >= 15 is 0 Å². The Morgan fingerprint density at radius 3 is 2.37 bits per heavy atom. The van der Waals surface area contributed by atoms with Gasteiger partial charge in [0, 0.05) is 49.0 Å². The van der Waals surface area contributed by atoms with Crippen LogP contribution in [0.15, 0.2) is 83.8 Å². The van der Waals surface area contributed by atoms with Gasteiger partial charge < -0.3 is 19.9 Å². The molecule has 2 aliphatic heterocycles. The molecule has 5 rings (SSSR count). The molecule has 2 saturated heterocycles. The number of carbonyl (C=O) groups is 2. The van der Waals surface area contributed by atoms with E-state index in [2.05, 4.69) is 39.4 Å². The van der Waals surface area contributed by atoms with Gasteiger partial charge in [-0.25, -0.2) is 0 Å². The Hall–Kier alpha value is -3.60. The van der Waals surface area contributed by atoms with Gasteiger partial charge in [0.1, 0.15) is 11.8 Å². The number of para-hydroxylation sites is 1. The van der Waals surface area contributed by atoms with E-state index in [1.807, 2.05) is 60.5 Å². The lowest BCUT2D eigenvalue weighted by Crippen LogP contribution is -2.47. The van der Waals surface area contributed by atoms with Crippen LogP contribution in [-0.4, -0.2) is 84.9 Å². The molecule has 0 aliphatic carbocycles. The van der Waals surface area contributed by atoms with Crippen molar-refractivity contribution in [2.24, 2.45) is 0 Å². The summed E-state index contributed by atoms with van der Waals surface area (Å²) < 4.78 is 5.50. The summed E-state index contributed by atoms with van der Waals surface area (Å²) in [5.74, 6) is 0.348. The molecule has 2 heterocycles. The van der Waals surface area contributed by atoms with Crippen molar-refractivity contribution in [1.82, 2.24) is 9.80 Å². The first-order valence-corrected chi connectivity index (χ1v) is 16.4. The number of ether oxygens (including phenoxy) is 1. The molecule has 0 aromatic heterocycles. The average Bonchev–Trinajstić information content (AvgIpc) is 3.26. The first kappa shape index (κ1) is 30.8. The van der Waals surface area contributed by atoms with Crippen LogP contribution in [0.25, 0.3) is 0 Å².